The molecular formula is C11H13NO3S. The summed E-state index contributed by atoms with van der Waals surface area (Å²) in [6, 6.07) is 3.21. The number of pyridine rings is 1. The van der Waals surface area contributed by atoms with E-state index < -0.39 is 14.6 Å². The summed E-state index contributed by atoms with van der Waals surface area (Å²) in [6.45, 7) is 4.98. The number of furan rings is 1. The standard InChI is InChI=1S/C11H13NO3S/c1-11(2,3)16(13,14)8-6-10-9(12-7-8)4-5-15-10/h4-7H,1-3H3. The van der Waals surface area contributed by atoms with E-state index in [1.807, 2.05) is 0 Å². The molecule has 0 aliphatic rings. The Labute approximate surface area is 94.2 Å². The van der Waals surface area contributed by atoms with Crippen LogP contribution >= 0.6 is 0 Å². The smallest absolute Gasteiger partial charge is 0.184 e. The molecule has 0 fully saturated rings. The van der Waals surface area contributed by atoms with E-state index in [0.29, 0.717) is 11.1 Å². The number of fused-ring (bicyclic) bond motifs is 1. The van der Waals surface area contributed by atoms with Crippen LogP contribution in [0.4, 0.5) is 0 Å². The van der Waals surface area contributed by atoms with Gasteiger partial charge in [-0.15, -0.1) is 0 Å². The summed E-state index contributed by atoms with van der Waals surface area (Å²) in [4.78, 5) is 4.24. The molecular weight excluding hydrogens is 226 g/mol. The molecule has 0 aliphatic heterocycles. The van der Waals surface area contributed by atoms with E-state index >= 15 is 0 Å². The molecule has 0 N–H and O–H groups in total. The molecule has 86 valence electrons. The van der Waals surface area contributed by atoms with Gasteiger partial charge in [0, 0.05) is 18.3 Å². The zero-order chi connectivity index (χ0) is 12.0. The summed E-state index contributed by atoms with van der Waals surface area (Å²) in [6.07, 6.45) is 2.86. The van der Waals surface area contributed by atoms with Crippen LogP contribution in [0.25, 0.3) is 11.1 Å². The average Bonchev–Trinajstić information content (AvgIpc) is 2.61. The predicted molar refractivity (Wildman–Crippen MR) is 60.9 cm³/mol. The minimum absolute atomic E-state index is 0.197. The van der Waals surface area contributed by atoms with Crippen LogP contribution in [-0.4, -0.2) is 18.1 Å². The highest BCUT2D eigenvalue weighted by Crippen LogP contribution is 2.26. The summed E-state index contributed by atoms with van der Waals surface area (Å²) < 4.78 is 28.6. The second-order valence-corrected chi connectivity index (χ2v) is 7.29. The fourth-order valence-electron chi connectivity index (χ4n) is 1.33. The molecule has 0 radical (unpaired) electrons. The van der Waals surface area contributed by atoms with Gasteiger partial charge in [0.15, 0.2) is 15.4 Å². The third-order valence-corrected chi connectivity index (χ3v) is 4.85. The van der Waals surface area contributed by atoms with Crippen molar-refractivity contribution >= 4 is 20.9 Å². The second-order valence-electron chi connectivity index (χ2n) is 4.59. The normalized spacial score (nSPS) is 13.2. The first kappa shape index (κ1) is 11.1. The van der Waals surface area contributed by atoms with Crippen LogP contribution in [0.1, 0.15) is 20.8 Å². The van der Waals surface area contributed by atoms with E-state index in [9.17, 15) is 8.42 Å². The molecule has 2 rings (SSSR count). The van der Waals surface area contributed by atoms with Gasteiger partial charge in [0.25, 0.3) is 0 Å². The second kappa shape index (κ2) is 3.31. The summed E-state index contributed by atoms with van der Waals surface area (Å²) in [7, 11) is -3.37. The highest BCUT2D eigenvalue weighted by atomic mass is 32.2. The van der Waals surface area contributed by atoms with E-state index in [1.165, 1.54) is 18.5 Å². The number of rotatable bonds is 1. The first-order valence-corrected chi connectivity index (χ1v) is 6.38. The Kier molecular flexibility index (Phi) is 2.31. The van der Waals surface area contributed by atoms with Crippen LogP contribution in [0.5, 0.6) is 0 Å². The zero-order valence-electron chi connectivity index (χ0n) is 9.39. The van der Waals surface area contributed by atoms with Crippen molar-refractivity contribution in [2.75, 3.05) is 0 Å². The maximum Gasteiger partial charge on any atom is 0.184 e. The lowest BCUT2D eigenvalue weighted by Crippen LogP contribution is -2.27. The maximum atomic E-state index is 12.1. The Morgan fingerprint density at radius 3 is 2.62 bits per heavy atom. The Morgan fingerprint density at radius 1 is 1.31 bits per heavy atom. The van der Waals surface area contributed by atoms with Crippen LogP contribution < -0.4 is 0 Å². The molecule has 0 spiro atoms. The number of aromatic nitrogens is 1. The van der Waals surface area contributed by atoms with E-state index in [-0.39, 0.29) is 4.90 Å². The van der Waals surface area contributed by atoms with Gasteiger partial charge < -0.3 is 4.42 Å². The minimum atomic E-state index is -3.37. The molecule has 0 saturated heterocycles. The Morgan fingerprint density at radius 2 is 2.00 bits per heavy atom. The minimum Gasteiger partial charge on any atom is -0.463 e. The molecule has 4 nitrogen and oxygen atoms in total. The number of nitrogens with zero attached hydrogens (tertiary/aromatic N) is 1. The number of sulfone groups is 1. The van der Waals surface area contributed by atoms with E-state index in [2.05, 4.69) is 4.98 Å². The van der Waals surface area contributed by atoms with Crippen molar-refractivity contribution < 1.29 is 12.8 Å². The molecule has 16 heavy (non-hydrogen) atoms. The van der Waals surface area contributed by atoms with Crippen molar-refractivity contribution in [3.63, 3.8) is 0 Å². The predicted octanol–water partition coefficient (Wildman–Crippen LogP) is 2.40. The first-order chi connectivity index (χ1) is 7.32. The van der Waals surface area contributed by atoms with Crippen molar-refractivity contribution in [2.45, 2.75) is 30.4 Å². The van der Waals surface area contributed by atoms with Gasteiger partial charge in [0.1, 0.15) is 5.52 Å². The highest BCUT2D eigenvalue weighted by molar-refractivity contribution is 7.92. The first-order valence-electron chi connectivity index (χ1n) is 4.90. The van der Waals surface area contributed by atoms with Gasteiger partial charge in [-0.1, -0.05) is 0 Å². The molecule has 0 aromatic carbocycles. The molecule has 5 heteroatoms. The van der Waals surface area contributed by atoms with Crippen LogP contribution in [0, 0.1) is 0 Å². The zero-order valence-corrected chi connectivity index (χ0v) is 10.2. The SMILES string of the molecule is CC(C)(C)S(=O)(=O)c1cnc2ccoc2c1. The fraction of sp³-hybridized carbons (Fsp3) is 0.364. The molecule has 0 bridgehead atoms. The molecule has 2 aromatic rings. The van der Waals surface area contributed by atoms with E-state index in [4.69, 9.17) is 4.42 Å². The van der Waals surface area contributed by atoms with Crippen molar-refractivity contribution in [2.24, 2.45) is 0 Å². The molecule has 2 aromatic heterocycles. The van der Waals surface area contributed by atoms with Gasteiger partial charge >= 0.3 is 0 Å². The third-order valence-electron chi connectivity index (χ3n) is 2.39. The van der Waals surface area contributed by atoms with Gasteiger partial charge in [-0.2, -0.15) is 0 Å². The van der Waals surface area contributed by atoms with Crippen molar-refractivity contribution in [1.29, 1.82) is 0 Å². The van der Waals surface area contributed by atoms with Crippen molar-refractivity contribution in [3.05, 3.63) is 24.6 Å². The molecule has 0 unspecified atom stereocenters. The number of hydrogen-bond acceptors (Lipinski definition) is 4. The van der Waals surface area contributed by atoms with Gasteiger partial charge in [-0.05, 0) is 20.8 Å². The van der Waals surface area contributed by atoms with Crippen LogP contribution in [0.3, 0.4) is 0 Å². The lowest BCUT2D eigenvalue weighted by molar-refractivity contribution is 0.559. The van der Waals surface area contributed by atoms with Gasteiger partial charge in [0.05, 0.1) is 15.9 Å². The van der Waals surface area contributed by atoms with Gasteiger partial charge in [-0.3, -0.25) is 4.98 Å². The Balaban J connectivity index is 2.64. The molecule has 0 amide bonds. The summed E-state index contributed by atoms with van der Waals surface area (Å²) in [5.41, 5.74) is 1.15. The van der Waals surface area contributed by atoms with Gasteiger partial charge in [-0.25, -0.2) is 8.42 Å². The summed E-state index contributed by atoms with van der Waals surface area (Å²) in [5.74, 6) is 0. The Bertz CT molecular complexity index is 620. The van der Waals surface area contributed by atoms with Crippen molar-refractivity contribution in [3.8, 4) is 0 Å². The maximum absolute atomic E-state index is 12.1. The van der Waals surface area contributed by atoms with Crippen LogP contribution in [0.2, 0.25) is 0 Å². The van der Waals surface area contributed by atoms with E-state index in [0.717, 1.165) is 0 Å². The summed E-state index contributed by atoms with van der Waals surface area (Å²) >= 11 is 0. The molecule has 0 aliphatic carbocycles. The number of hydrogen-bond donors (Lipinski definition) is 0. The molecule has 2 heterocycles. The molecule has 0 saturated carbocycles. The van der Waals surface area contributed by atoms with Crippen molar-refractivity contribution in [1.82, 2.24) is 4.98 Å². The topological polar surface area (TPSA) is 60.2 Å². The summed E-state index contributed by atoms with van der Waals surface area (Å²) in [5, 5.41) is 0. The van der Waals surface area contributed by atoms with E-state index in [1.54, 1.807) is 26.8 Å². The van der Waals surface area contributed by atoms with Crippen LogP contribution in [0.15, 0.2) is 33.9 Å². The lowest BCUT2D eigenvalue weighted by atomic mass is 10.3. The van der Waals surface area contributed by atoms with Crippen LogP contribution in [-0.2, 0) is 9.84 Å². The third kappa shape index (κ3) is 1.61. The average molecular weight is 239 g/mol. The highest BCUT2D eigenvalue weighted by Gasteiger charge is 2.31. The fourth-order valence-corrected chi connectivity index (χ4v) is 2.49. The van der Waals surface area contributed by atoms with Gasteiger partial charge in [0.2, 0.25) is 0 Å². The monoisotopic (exact) mass is 239 g/mol. The largest absolute Gasteiger partial charge is 0.463 e. The lowest BCUT2D eigenvalue weighted by Gasteiger charge is -2.18. The molecule has 0 atom stereocenters. The Hall–Kier alpha value is -1.36. The quantitative estimate of drug-likeness (QED) is 0.766.